The van der Waals surface area contributed by atoms with Gasteiger partial charge in [0.2, 0.25) is 5.91 Å². The first-order valence-corrected chi connectivity index (χ1v) is 16.1. The van der Waals surface area contributed by atoms with Crippen LogP contribution in [0.5, 0.6) is 0 Å². The fourth-order valence-corrected chi connectivity index (χ4v) is 5.77. The van der Waals surface area contributed by atoms with Crippen molar-refractivity contribution in [2.24, 2.45) is 14.1 Å². The number of H-pyrrole nitrogens is 1. The molecule has 2 aromatic carbocycles. The van der Waals surface area contributed by atoms with E-state index in [-0.39, 0.29) is 17.7 Å². The fourth-order valence-electron chi connectivity index (χ4n) is 5.36. The molecule has 0 bridgehead atoms. The molecule has 5 aromatic rings. The van der Waals surface area contributed by atoms with E-state index in [1.54, 1.807) is 47.8 Å². The van der Waals surface area contributed by atoms with Crippen LogP contribution in [-0.2, 0) is 25.3 Å². The van der Waals surface area contributed by atoms with E-state index in [9.17, 15) is 14.4 Å². The van der Waals surface area contributed by atoms with Crippen molar-refractivity contribution >= 4 is 74.6 Å². The molecule has 0 aliphatic carbocycles. The van der Waals surface area contributed by atoms with Crippen LogP contribution in [0.2, 0.25) is 0 Å². The third kappa shape index (κ3) is 8.13. The number of fused-ring (bicyclic) bond motifs is 1. The van der Waals surface area contributed by atoms with Gasteiger partial charge in [0.05, 0.1) is 11.4 Å². The molecule has 3 heterocycles. The minimum Gasteiger partial charge on any atom is -0.369 e. The lowest BCUT2D eigenvalue weighted by atomic mass is 10.1. The van der Waals surface area contributed by atoms with E-state index in [0.717, 1.165) is 41.7 Å². The van der Waals surface area contributed by atoms with E-state index in [1.807, 2.05) is 30.5 Å². The summed E-state index contributed by atoms with van der Waals surface area (Å²) in [6.07, 6.45) is 7.01. The zero-order chi connectivity index (χ0) is 32.6. The Morgan fingerprint density at radius 3 is 2.00 bits per heavy atom. The number of carbonyl (C=O) groups is 3. The molecule has 0 radical (unpaired) electrons. The highest BCUT2D eigenvalue weighted by molar-refractivity contribution is 6.18. The van der Waals surface area contributed by atoms with Crippen LogP contribution in [0.4, 0.5) is 22.7 Å². The monoisotopic (exact) mass is 661 g/mol. The minimum atomic E-state index is -0.364. The van der Waals surface area contributed by atoms with Crippen molar-refractivity contribution in [1.82, 2.24) is 14.1 Å². The van der Waals surface area contributed by atoms with Crippen LogP contribution < -0.4 is 20.9 Å². The number of benzene rings is 2. The lowest BCUT2D eigenvalue weighted by Crippen LogP contribution is -2.27. The summed E-state index contributed by atoms with van der Waals surface area (Å²) in [7, 11) is 3.48. The average Bonchev–Trinajstić information content (AvgIpc) is 3.75. The van der Waals surface area contributed by atoms with Gasteiger partial charge in [0.15, 0.2) is 0 Å². The van der Waals surface area contributed by atoms with Gasteiger partial charge in [-0.3, -0.25) is 14.4 Å². The second-order valence-electron chi connectivity index (χ2n) is 11.1. The number of nitrogens with zero attached hydrogens (tertiary/aromatic N) is 3. The topological polar surface area (TPSA) is 116 Å². The molecule has 46 heavy (non-hydrogen) atoms. The zero-order valence-electron chi connectivity index (χ0n) is 25.8. The summed E-state index contributed by atoms with van der Waals surface area (Å²) in [6.45, 7) is 1.46. The van der Waals surface area contributed by atoms with E-state index in [0.29, 0.717) is 53.1 Å². The highest BCUT2D eigenvalue weighted by atomic mass is 35.5. The van der Waals surface area contributed by atoms with Crippen LogP contribution >= 0.6 is 23.2 Å². The summed E-state index contributed by atoms with van der Waals surface area (Å²) < 4.78 is 3.30. The highest BCUT2D eigenvalue weighted by Gasteiger charge is 2.17. The number of alkyl halides is 2. The minimum absolute atomic E-state index is 0.126. The molecule has 3 aromatic heterocycles. The molecule has 0 saturated heterocycles. The number of anilines is 4. The number of hydrogen-bond donors (Lipinski definition) is 4. The normalized spacial score (nSPS) is 11.0. The number of aryl methyl sites for hydroxylation is 3. The number of aromatic nitrogens is 3. The number of halogens is 2. The largest absolute Gasteiger partial charge is 0.369 e. The van der Waals surface area contributed by atoms with Crippen LogP contribution in [0, 0.1) is 0 Å². The van der Waals surface area contributed by atoms with Gasteiger partial charge in [-0.15, -0.1) is 23.2 Å². The second kappa shape index (κ2) is 15.1. The molecule has 0 aliphatic rings. The number of rotatable bonds is 14. The molecule has 4 N–H and O–H groups in total. The van der Waals surface area contributed by atoms with Crippen molar-refractivity contribution in [3.63, 3.8) is 0 Å². The molecular formula is C34H37Cl2N7O3. The van der Waals surface area contributed by atoms with E-state index >= 15 is 0 Å². The van der Waals surface area contributed by atoms with Crippen molar-refractivity contribution < 1.29 is 14.4 Å². The summed E-state index contributed by atoms with van der Waals surface area (Å²) in [5.41, 5.74) is 5.56. The Balaban J connectivity index is 1.11. The number of carbonyl (C=O) groups excluding carboxylic acids is 3. The van der Waals surface area contributed by atoms with Crippen molar-refractivity contribution in [2.75, 3.05) is 45.7 Å². The van der Waals surface area contributed by atoms with Gasteiger partial charge in [0.25, 0.3) is 11.8 Å². The van der Waals surface area contributed by atoms with Gasteiger partial charge < -0.3 is 35.0 Å². The standard InChI is InChI=1S/C34H37Cl2N7O3/c1-41-21-26(38-32(44)5-3-4-23-6-10-28(11-7-23)43(16-13-35)17-14-36)19-30(41)34(46)40-27-20-31(42(2)22-27)33(45)39-25-9-8-24-12-15-37-29(24)18-25/h6-12,15,18-22,37H,3-5,13-14,16-17H2,1-2H3,(H,38,44)(H,39,45)(H,40,46). The Hall–Kier alpha value is -4.67. The van der Waals surface area contributed by atoms with E-state index < -0.39 is 0 Å². The van der Waals surface area contributed by atoms with Crippen molar-refractivity contribution in [2.45, 2.75) is 19.3 Å². The smallest absolute Gasteiger partial charge is 0.272 e. The predicted octanol–water partition coefficient (Wildman–Crippen LogP) is 6.59. The van der Waals surface area contributed by atoms with Gasteiger partial charge in [-0.25, -0.2) is 0 Å². The maximum atomic E-state index is 13.1. The van der Waals surface area contributed by atoms with Gasteiger partial charge in [-0.1, -0.05) is 18.2 Å². The molecule has 10 nitrogen and oxygen atoms in total. The van der Waals surface area contributed by atoms with Gasteiger partial charge in [-0.05, 0) is 66.3 Å². The average molecular weight is 663 g/mol. The van der Waals surface area contributed by atoms with E-state index in [2.05, 4.69) is 50.1 Å². The summed E-state index contributed by atoms with van der Waals surface area (Å²) in [4.78, 5) is 44.0. The van der Waals surface area contributed by atoms with Gasteiger partial charge in [0.1, 0.15) is 11.4 Å². The molecule has 0 spiro atoms. The van der Waals surface area contributed by atoms with Crippen LogP contribution in [0.15, 0.2) is 79.3 Å². The molecule has 0 saturated carbocycles. The molecule has 0 unspecified atom stereocenters. The SMILES string of the molecule is Cn1cc(NC(=O)CCCc2ccc(N(CCCl)CCCl)cc2)cc1C(=O)Nc1cc(C(=O)Nc2ccc3cc[nH]c3c2)n(C)c1. The second-order valence-corrected chi connectivity index (χ2v) is 11.8. The van der Waals surface area contributed by atoms with Crippen LogP contribution in [0.3, 0.4) is 0 Å². The number of hydrogen-bond acceptors (Lipinski definition) is 4. The highest BCUT2D eigenvalue weighted by Crippen LogP contribution is 2.22. The first-order valence-electron chi connectivity index (χ1n) is 15.0. The van der Waals surface area contributed by atoms with E-state index in [4.69, 9.17) is 23.2 Å². The number of nitrogens with one attached hydrogen (secondary N) is 4. The number of amides is 3. The Morgan fingerprint density at radius 1 is 0.761 bits per heavy atom. The summed E-state index contributed by atoms with van der Waals surface area (Å²) in [6, 6.07) is 19.1. The fraction of sp³-hybridized carbons (Fsp3) is 0.265. The molecule has 3 amide bonds. The van der Waals surface area contributed by atoms with Crippen LogP contribution in [-0.4, -0.2) is 56.7 Å². The summed E-state index contributed by atoms with van der Waals surface area (Å²) >= 11 is 11.8. The molecule has 0 atom stereocenters. The third-order valence-corrected chi connectivity index (χ3v) is 8.05. The molecule has 12 heteroatoms. The molecule has 240 valence electrons. The van der Waals surface area contributed by atoms with Crippen molar-refractivity contribution in [3.05, 3.63) is 96.2 Å². The molecule has 0 fully saturated rings. The maximum Gasteiger partial charge on any atom is 0.272 e. The zero-order valence-corrected chi connectivity index (χ0v) is 27.3. The summed E-state index contributed by atoms with van der Waals surface area (Å²) in [5, 5.41) is 9.69. The first kappa shape index (κ1) is 32.7. The predicted molar refractivity (Wildman–Crippen MR) is 187 cm³/mol. The van der Waals surface area contributed by atoms with Crippen LogP contribution in [0.1, 0.15) is 39.4 Å². The van der Waals surface area contributed by atoms with E-state index in [1.165, 1.54) is 0 Å². The molecule has 0 aliphatic heterocycles. The quantitative estimate of drug-likeness (QED) is 0.100. The molecular weight excluding hydrogens is 625 g/mol. The molecule has 5 rings (SSSR count). The maximum absolute atomic E-state index is 13.1. The summed E-state index contributed by atoms with van der Waals surface area (Å²) in [5.74, 6) is 0.271. The number of aromatic amines is 1. The first-order chi connectivity index (χ1) is 22.2. The van der Waals surface area contributed by atoms with Gasteiger partial charge in [-0.2, -0.15) is 0 Å². The van der Waals surface area contributed by atoms with Crippen LogP contribution in [0.25, 0.3) is 10.9 Å². The lowest BCUT2D eigenvalue weighted by Gasteiger charge is -2.23. The van der Waals surface area contributed by atoms with Crippen molar-refractivity contribution in [3.8, 4) is 0 Å². The third-order valence-electron chi connectivity index (χ3n) is 7.71. The Morgan fingerprint density at radius 2 is 1.37 bits per heavy atom. The van der Waals surface area contributed by atoms with Crippen molar-refractivity contribution in [1.29, 1.82) is 0 Å². The van der Waals surface area contributed by atoms with Gasteiger partial charge >= 0.3 is 0 Å². The Kier molecular flexibility index (Phi) is 10.7. The lowest BCUT2D eigenvalue weighted by molar-refractivity contribution is -0.116. The Labute approximate surface area is 277 Å². The Bertz CT molecular complexity index is 1820. The van der Waals surface area contributed by atoms with Gasteiger partial charge in [0, 0.05) is 80.8 Å².